The quantitative estimate of drug-likeness (QED) is 0.683. The molecule has 0 saturated heterocycles. The maximum absolute atomic E-state index is 12.9. The van der Waals surface area contributed by atoms with E-state index in [1.54, 1.807) is 12.1 Å². The summed E-state index contributed by atoms with van der Waals surface area (Å²) in [4.78, 5) is 20.4. The lowest BCUT2D eigenvalue weighted by atomic mass is 10.1. The molecule has 0 fully saturated rings. The second-order valence-corrected chi connectivity index (χ2v) is 6.27. The van der Waals surface area contributed by atoms with Crippen molar-refractivity contribution < 1.29 is 18.0 Å². The van der Waals surface area contributed by atoms with Crippen molar-refractivity contribution in [2.75, 3.05) is 6.54 Å². The number of hydrogen-bond acceptors (Lipinski definition) is 5. The summed E-state index contributed by atoms with van der Waals surface area (Å²) in [5, 5.41) is 15.2. The predicted octanol–water partition coefficient (Wildman–Crippen LogP) is 3.18. The van der Waals surface area contributed by atoms with Crippen LogP contribution in [0, 0.1) is 11.3 Å². The predicted molar refractivity (Wildman–Crippen MR) is 96.4 cm³/mol. The molecule has 1 N–H and O–H groups in total. The van der Waals surface area contributed by atoms with Gasteiger partial charge in [0, 0.05) is 29.7 Å². The molecule has 11 heteroatoms. The van der Waals surface area contributed by atoms with Crippen molar-refractivity contribution >= 4 is 17.5 Å². The van der Waals surface area contributed by atoms with Crippen molar-refractivity contribution in [3.63, 3.8) is 0 Å². The van der Waals surface area contributed by atoms with Gasteiger partial charge in [-0.3, -0.25) is 4.79 Å². The number of nitrogens with zero attached hydrogens (tertiary/aromatic N) is 5. The van der Waals surface area contributed by atoms with Gasteiger partial charge < -0.3 is 5.32 Å². The lowest BCUT2D eigenvalue weighted by Gasteiger charge is -2.10. The summed E-state index contributed by atoms with van der Waals surface area (Å²) >= 11 is 5.70. The number of alkyl halides is 3. The van der Waals surface area contributed by atoms with E-state index in [2.05, 4.69) is 20.4 Å². The lowest BCUT2D eigenvalue weighted by molar-refractivity contribution is -0.137. The van der Waals surface area contributed by atoms with Gasteiger partial charge in [-0.15, -0.1) is 0 Å². The van der Waals surface area contributed by atoms with E-state index in [4.69, 9.17) is 16.9 Å². The summed E-state index contributed by atoms with van der Waals surface area (Å²) < 4.78 is 40.1. The minimum Gasteiger partial charge on any atom is -0.352 e. The van der Waals surface area contributed by atoms with Crippen LogP contribution < -0.4 is 5.32 Å². The minimum atomic E-state index is -4.61. The van der Waals surface area contributed by atoms with E-state index in [9.17, 15) is 18.0 Å². The molecule has 0 unspecified atom stereocenters. The van der Waals surface area contributed by atoms with E-state index in [0.29, 0.717) is 17.2 Å². The molecule has 0 saturated carbocycles. The van der Waals surface area contributed by atoms with Crippen LogP contribution in [-0.4, -0.2) is 32.2 Å². The van der Waals surface area contributed by atoms with Crippen LogP contribution in [0.1, 0.15) is 27.3 Å². The average Bonchev–Trinajstić information content (AvgIpc) is 3.15. The molecule has 0 bridgehead atoms. The molecule has 0 radical (unpaired) electrons. The second-order valence-electron chi connectivity index (χ2n) is 5.84. The Morgan fingerprint density at radius 2 is 2.03 bits per heavy atom. The van der Waals surface area contributed by atoms with Gasteiger partial charge in [-0.25, -0.2) is 9.97 Å². The van der Waals surface area contributed by atoms with Gasteiger partial charge >= 0.3 is 6.18 Å². The van der Waals surface area contributed by atoms with Gasteiger partial charge in [0.15, 0.2) is 5.82 Å². The number of amides is 1. The van der Waals surface area contributed by atoms with Crippen molar-refractivity contribution in [3.05, 3.63) is 70.4 Å². The van der Waals surface area contributed by atoms with Crippen molar-refractivity contribution in [2.24, 2.45) is 0 Å². The molecule has 3 aromatic rings. The van der Waals surface area contributed by atoms with Gasteiger partial charge in [-0.1, -0.05) is 11.6 Å². The normalized spacial score (nSPS) is 11.1. The smallest absolute Gasteiger partial charge is 0.352 e. The maximum atomic E-state index is 12.9. The number of aromatic nitrogens is 4. The van der Waals surface area contributed by atoms with Crippen LogP contribution in [-0.2, 0) is 12.6 Å². The molecule has 0 atom stereocenters. The summed E-state index contributed by atoms with van der Waals surface area (Å²) in [5.41, 5.74) is -0.802. The van der Waals surface area contributed by atoms with E-state index in [-0.39, 0.29) is 23.6 Å². The molecule has 7 nitrogen and oxygen atoms in total. The van der Waals surface area contributed by atoms with Crippen LogP contribution in [0.25, 0.3) is 5.82 Å². The summed E-state index contributed by atoms with van der Waals surface area (Å²) in [6.07, 6.45) is -1.66. The second kappa shape index (κ2) is 8.28. The lowest BCUT2D eigenvalue weighted by Crippen LogP contribution is -2.27. The average molecular weight is 421 g/mol. The van der Waals surface area contributed by atoms with E-state index < -0.39 is 17.6 Å². The number of carbonyl (C=O) groups is 1. The molecule has 1 aromatic carbocycles. The van der Waals surface area contributed by atoms with Crippen molar-refractivity contribution in [1.82, 2.24) is 25.1 Å². The van der Waals surface area contributed by atoms with Gasteiger partial charge in [0.05, 0.1) is 11.1 Å². The molecule has 0 aliphatic carbocycles. The standard InChI is InChI=1S/C18H12ClF3N6O/c19-14-6-12(5-13(7-14)18(20,21)22)17(29)24-4-3-16-26-10-27-28(16)15-2-1-11(8-23)9-25-15/h1-2,5-7,9-10H,3-4H2,(H,24,29). The van der Waals surface area contributed by atoms with E-state index >= 15 is 0 Å². The molecule has 0 aliphatic rings. The third-order valence-corrected chi connectivity index (χ3v) is 4.05. The van der Waals surface area contributed by atoms with Crippen LogP contribution in [0.2, 0.25) is 5.02 Å². The first-order valence-electron chi connectivity index (χ1n) is 8.19. The Morgan fingerprint density at radius 1 is 1.24 bits per heavy atom. The molecule has 2 heterocycles. The SMILES string of the molecule is N#Cc1ccc(-n2ncnc2CCNC(=O)c2cc(Cl)cc(C(F)(F)F)c2)nc1. The summed E-state index contributed by atoms with van der Waals surface area (Å²) in [6.45, 7) is 0.0989. The van der Waals surface area contributed by atoms with Gasteiger partial charge in [-0.05, 0) is 30.3 Å². The molecular formula is C18H12ClF3N6O. The maximum Gasteiger partial charge on any atom is 0.416 e. The molecule has 0 aliphatic heterocycles. The van der Waals surface area contributed by atoms with Gasteiger partial charge in [-0.2, -0.15) is 28.2 Å². The van der Waals surface area contributed by atoms with Crippen LogP contribution in [0.4, 0.5) is 13.2 Å². The largest absolute Gasteiger partial charge is 0.416 e. The van der Waals surface area contributed by atoms with Crippen molar-refractivity contribution in [3.8, 4) is 11.9 Å². The number of hydrogen-bond donors (Lipinski definition) is 1. The van der Waals surface area contributed by atoms with Crippen LogP contribution in [0.5, 0.6) is 0 Å². The van der Waals surface area contributed by atoms with Gasteiger partial charge in [0.25, 0.3) is 5.91 Å². The van der Waals surface area contributed by atoms with E-state index in [0.717, 1.165) is 18.2 Å². The van der Waals surface area contributed by atoms with Gasteiger partial charge in [0.1, 0.15) is 18.2 Å². The fourth-order valence-electron chi connectivity index (χ4n) is 2.48. The third kappa shape index (κ3) is 4.89. The number of rotatable bonds is 5. The Labute approximate surface area is 167 Å². The Hall–Kier alpha value is -3.45. The van der Waals surface area contributed by atoms with Crippen LogP contribution in [0.3, 0.4) is 0 Å². The van der Waals surface area contributed by atoms with Crippen LogP contribution >= 0.6 is 11.6 Å². The minimum absolute atomic E-state index is 0.0989. The number of pyridine rings is 1. The zero-order chi connectivity index (χ0) is 21.0. The van der Waals surface area contributed by atoms with Crippen molar-refractivity contribution in [1.29, 1.82) is 5.26 Å². The Kier molecular flexibility index (Phi) is 5.79. The van der Waals surface area contributed by atoms with Gasteiger partial charge in [0.2, 0.25) is 0 Å². The molecule has 29 heavy (non-hydrogen) atoms. The topological polar surface area (TPSA) is 96.5 Å². The molecule has 0 spiro atoms. The number of nitrogens with one attached hydrogen (secondary N) is 1. The highest BCUT2D eigenvalue weighted by Gasteiger charge is 2.31. The zero-order valence-electron chi connectivity index (χ0n) is 14.6. The molecule has 3 rings (SSSR count). The number of benzene rings is 1. The van der Waals surface area contributed by atoms with E-state index in [1.165, 1.54) is 17.2 Å². The Balaban J connectivity index is 1.67. The summed E-state index contributed by atoms with van der Waals surface area (Å²) in [6, 6.07) is 7.79. The highest BCUT2D eigenvalue weighted by atomic mass is 35.5. The highest BCUT2D eigenvalue weighted by Crippen LogP contribution is 2.31. The van der Waals surface area contributed by atoms with E-state index in [1.807, 2.05) is 6.07 Å². The molecule has 2 aromatic heterocycles. The number of nitriles is 1. The number of carbonyl (C=O) groups excluding carboxylic acids is 1. The Bertz CT molecular complexity index is 1070. The first-order chi connectivity index (χ1) is 13.8. The highest BCUT2D eigenvalue weighted by molar-refractivity contribution is 6.31. The Morgan fingerprint density at radius 3 is 2.69 bits per heavy atom. The fourth-order valence-corrected chi connectivity index (χ4v) is 2.71. The number of halogens is 4. The monoisotopic (exact) mass is 420 g/mol. The molecular weight excluding hydrogens is 409 g/mol. The van der Waals surface area contributed by atoms with Crippen molar-refractivity contribution in [2.45, 2.75) is 12.6 Å². The first-order valence-corrected chi connectivity index (χ1v) is 8.57. The zero-order valence-corrected chi connectivity index (χ0v) is 15.4. The first kappa shape index (κ1) is 20.3. The van der Waals surface area contributed by atoms with Crippen LogP contribution in [0.15, 0.2) is 42.9 Å². The summed E-state index contributed by atoms with van der Waals surface area (Å²) in [5.74, 6) is 0.220. The molecule has 1 amide bonds. The fraction of sp³-hybridized carbons (Fsp3) is 0.167. The summed E-state index contributed by atoms with van der Waals surface area (Å²) in [7, 11) is 0. The molecule has 148 valence electrons. The third-order valence-electron chi connectivity index (χ3n) is 3.83.